The minimum Gasteiger partial charge on any atom is -0.492 e. The van der Waals surface area contributed by atoms with Gasteiger partial charge in [-0.25, -0.2) is 0 Å². The molecule has 0 bridgehead atoms. The van der Waals surface area contributed by atoms with Crippen molar-refractivity contribution in [1.29, 1.82) is 0 Å². The molecule has 0 radical (unpaired) electrons. The summed E-state index contributed by atoms with van der Waals surface area (Å²) in [7, 11) is 0. The molecule has 0 saturated carbocycles. The molecule has 2 heterocycles. The third-order valence-electron chi connectivity index (χ3n) is 4.65. The Morgan fingerprint density at radius 2 is 2.04 bits per heavy atom. The summed E-state index contributed by atoms with van der Waals surface area (Å²) in [6, 6.07) is 8.73. The van der Waals surface area contributed by atoms with Crippen LogP contribution in [0.15, 0.2) is 30.3 Å². The van der Waals surface area contributed by atoms with Crippen LogP contribution in [0.3, 0.4) is 0 Å². The molecule has 1 aliphatic heterocycles. The smallest absolute Gasteiger partial charge is 0.299 e. The van der Waals surface area contributed by atoms with Crippen molar-refractivity contribution in [1.82, 2.24) is 15.3 Å². The number of rotatable bonds is 5. The van der Waals surface area contributed by atoms with Gasteiger partial charge in [-0.2, -0.15) is 4.98 Å². The van der Waals surface area contributed by atoms with Crippen molar-refractivity contribution in [3.63, 3.8) is 0 Å². The molecular formula is C19H23N3O2. The Bertz CT molecular complexity index is 715. The summed E-state index contributed by atoms with van der Waals surface area (Å²) in [6.45, 7) is 4.01. The van der Waals surface area contributed by atoms with E-state index < -0.39 is 0 Å². The van der Waals surface area contributed by atoms with Crippen LogP contribution in [0.4, 0.5) is 0 Å². The third-order valence-corrected chi connectivity index (χ3v) is 4.65. The minimum atomic E-state index is 0.454. The largest absolute Gasteiger partial charge is 0.492 e. The summed E-state index contributed by atoms with van der Waals surface area (Å²) in [5, 5.41) is 3.43. The fourth-order valence-corrected chi connectivity index (χ4v) is 3.24. The van der Waals surface area contributed by atoms with E-state index in [0.717, 1.165) is 42.5 Å². The monoisotopic (exact) mass is 325 g/mol. The highest BCUT2D eigenvalue weighted by atomic mass is 16.5. The number of benzene rings is 1. The van der Waals surface area contributed by atoms with Crippen LogP contribution in [0.2, 0.25) is 0 Å². The summed E-state index contributed by atoms with van der Waals surface area (Å²) < 4.78 is 11.7. The second kappa shape index (κ2) is 6.69. The normalized spacial score (nSPS) is 22.4. The van der Waals surface area contributed by atoms with Crippen LogP contribution < -0.4 is 14.8 Å². The SMILES string of the molecule is CC1CC=Cc2nc(Oc3ccc(OCC4CCCN4)cc3)[nH]c21. The molecular weight excluding hydrogens is 302 g/mol. The summed E-state index contributed by atoms with van der Waals surface area (Å²) in [6.07, 6.45) is 7.67. The zero-order valence-electron chi connectivity index (χ0n) is 13.9. The van der Waals surface area contributed by atoms with Crippen LogP contribution in [-0.4, -0.2) is 29.2 Å². The Morgan fingerprint density at radius 1 is 1.21 bits per heavy atom. The molecule has 2 atom stereocenters. The van der Waals surface area contributed by atoms with E-state index in [-0.39, 0.29) is 0 Å². The van der Waals surface area contributed by atoms with Gasteiger partial charge in [-0.05, 0) is 56.1 Å². The summed E-state index contributed by atoms with van der Waals surface area (Å²) in [5.74, 6) is 2.07. The number of allylic oxidation sites excluding steroid dienone is 1. The predicted octanol–water partition coefficient (Wildman–Crippen LogP) is 3.85. The van der Waals surface area contributed by atoms with Gasteiger partial charge in [0, 0.05) is 17.7 Å². The quantitative estimate of drug-likeness (QED) is 0.876. The molecule has 24 heavy (non-hydrogen) atoms. The highest BCUT2D eigenvalue weighted by Gasteiger charge is 2.18. The number of aromatic amines is 1. The molecule has 0 amide bonds. The Kier molecular flexibility index (Phi) is 4.26. The Labute approximate surface area is 142 Å². The lowest BCUT2D eigenvalue weighted by Gasteiger charge is -2.12. The maximum atomic E-state index is 5.84. The molecule has 5 heteroatoms. The molecule has 2 aromatic rings. The van der Waals surface area contributed by atoms with Crippen molar-refractivity contribution in [2.45, 2.75) is 38.1 Å². The van der Waals surface area contributed by atoms with Gasteiger partial charge in [0.15, 0.2) is 0 Å². The van der Waals surface area contributed by atoms with Crippen molar-refractivity contribution in [2.75, 3.05) is 13.2 Å². The van der Waals surface area contributed by atoms with Gasteiger partial charge in [-0.3, -0.25) is 0 Å². The van der Waals surface area contributed by atoms with Crippen molar-refractivity contribution in [3.8, 4) is 17.5 Å². The lowest BCUT2D eigenvalue weighted by atomic mass is 9.97. The number of nitrogens with zero attached hydrogens (tertiary/aromatic N) is 1. The van der Waals surface area contributed by atoms with Gasteiger partial charge in [-0.15, -0.1) is 0 Å². The van der Waals surface area contributed by atoms with Gasteiger partial charge in [-0.1, -0.05) is 13.0 Å². The van der Waals surface area contributed by atoms with Gasteiger partial charge in [0.25, 0.3) is 6.01 Å². The van der Waals surface area contributed by atoms with E-state index in [1.165, 1.54) is 12.8 Å². The van der Waals surface area contributed by atoms with Crippen molar-refractivity contribution in [2.24, 2.45) is 0 Å². The average molecular weight is 325 g/mol. The van der Waals surface area contributed by atoms with E-state index >= 15 is 0 Å². The molecule has 1 aliphatic carbocycles. The number of imidazole rings is 1. The molecule has 0 spiro atoms. The predicted molar refractivity (Wildman–Crippen MR) is 93.7 cm³/mol. The molecule has 2 aliphatic rings. The van der Waals surface area contributed by atoms with Gasteiger partial charge < -0.3 is 19.8 Å². The number of fused-ring (bicyclic) bond motifs is 1. The van der Waals surface area contributed by atoms with Crippen LogP contribution in [0.25, 0.3) is 6.08 Å². The number of aromatic nitrogens is 2. The van der Waals surface area contributed by atoms with Gasteiger partial charge >= 0.3 is 0 Å². The average Bonchev–Trinajstić information content (AvgIpc) is 3.24. The fraction of sp³-hybridized carbons (Fsp3) is 0.421. The van der Waals surface area contributed by atoms with Crippen molar-refractivity contribution >= 4 is 6.08 Å². The van der Waals surface area contributed by atoms with Crippen LogP contribution in [0.5, 0.6) is 17.5 Å². The Hall–Kier alpha value is -2.27. The maximum absolute atomic E-state index is 5.84. The second-order valence-corrected chi connectivity index (χ2v) is 6.56. The van der Waals surface area contributed by atoms with Gasteiger partial charge in [0.1, 0.15) is 18.1 Å². The third kappa shape index (κ3) is 3.31. The summed E-state index contributed by atoms with van der Waals surface area (Å²) in [4.78, 5) is 7.79. The fourth-order valence-electron chi connectivity index (χ4n) is 3.24. The molecule has 1 aromatic carbocycles. The molecule has 5 nitrogen and oxygen atoms in total. The number of ether oxygens (including phenoxy) is 2. The highest BCUT2D eigenvalue weighted by Crippen LogP contribution is 2.31. The number of H-pyrrole nitrogens is 1. The van der Waals surface area contributed by atoms with E-state index in [4.69, 9.17) is 9.47 Å². The molecule has 126 valence electrons. The number of hydrogen-bond donors (Lipinski definition) is 2. The Morgan fingerprint density at radius 3 is 2.79 bits per heavy atom. The van der Waals surface area contributed by atoms with E-state index in [9.17, 15) is 0 Å². The lowest BCUT2D eigenvalue weighted by Crippen LogP contribution is -2.28. The molecule has 4 rings (SSSR count). The first-order chi connectivity index (χ1) is 11.8. The Balaban J connectivity index is 1.37. The van der Waals surface area contributed by atoms with Crippen LogP contribution in [-0.2, 0) is 0 Å². The molecule has 1 aromatic heterocycles. The van der Waals surface area contributed by atoms with E-state index in [2.05, 4.69) is 28.3 Å². The maximum Gasteiger partial charge on any atom is 0.299 e. The van der Waals surface area contributed by atoms with Crippen LogP contribution >= 0.6 is 0 Å². The standard InChI is InChI=1S/C19H23N3O2/c1-13-4-2-6-17-18(13)22-19(21-17)24-16-9-7-15(8-10-16)23-12-14-5-3-11-20-14/h2,6-10,13-14,20H,3-5,11-12H2,1H3,(H,21,22). The first-order valence-electron chi connectivity index (χ1n) is 8.68. The van der Waals surface area contributed by atoms with Gasteiger partial charge in [0.2, 0.25) is 0 Å². The second-order valence-electron chi connectivity index (χ2n) is 6.56. The van der Waals surface area contributed by atoms with Crippen LogP contribution in [0.1, 0.15) is 43.5 Å². The van der Waals surface area contributed by atoms with Crippen molar-refractivity contribution in [3.05, 3.63) is 41.7 Å². The van der Waals surface area contributed by atoms with E-state index in [1.807, 2.05) is 30.3 Å². The summed E-state index contributed by atoms with van der Waals surface area (Å²) in [5.41, 5.74) is 2.13. The summed E-state index contributed by atoms with van der Waals surface area (Å²) >= 11 is 0. The first kappa shape index (κ1) is 15.3. The topological polar surface area (TPSA) is 59.2 Å². The minimum absolute atomic E-state index is 0.454. The zero-order chi connectivity index (χ0) is 16.4. The molecule has 1 fully saturated rings. The van der Waals surface area contributed by atoms with Gasteiger partial charge in [0.05, 0.1) is 5.69 Å². The highest BCUT2D eigenvalue weighted by molar-refractivity contribution is 5.52. The first-order valence-corrected chi connectivity index (χ1v) is 8.68. The zero-order valence-corrected chi connectivity index (χ0v) is 13.9. The van der Waals surface area contributed by atoms with Crippen LogP contribution in [0, 0.1) is 0 Å². The molecule has 2 unspecified atom stereocenters. The molecule has 1 saturated heterocycles. The van der Waals surface area contributed by atoms with E-state index in [1.54, 1.807) is 0 Å². The van der Waals surface area contributed by atoms with Crippen molar-refractivity contribution < 1.29 is 9.47 Å². The molecule has 2 N–H and O–H groups in total. The number of hydrogen-bond acceptors (Lipinski definition) is 4. The number of nitrogens with one attached hydrogen (secondary N) is 2. The van der Waals surface area contributed by atoms with E-state index in [0.29, 0.717) is 18.0 Å². The lowest BCUT2D eigenvalue weighted by molar-refractivity contribution is 0.277.